The Morgan fingerprint density at radius 3 is 2.86 bits per heavy atom. The van der Waals surface area contributed by atoms with Gasteiger partial charge >= 0.3 is 0 Å². The molecule has 0 spiro atoms. The van der Waals surface area contributed by atoms with Gasteiger partial charge in [-0.2, -0.15) is 5.10 Å². The molecule has 0 unspecified atom stereocenters. The van der Waals surface area contributed by atoms with Crippen molar-refractivity contribution in [2.24, 2.45) is 5.10 Å². The zero-order valence-electron chi connectivity index (χ0n) is 11.8. The van der Waals surface area contributed by atoms with Crippen molar-refractivity contribution in [3.05, 3.63) is 63.1 Å². The van der Waals surface area contributed by atoms with Gasteiger partial charge in [0, 0.05) is 10.0 Å². The summed E-state index contributed by atoms with van der Waals surface area (Å²) in [7, 11) is 0. The van der Waals surface area contributed by atoms with Gasteiger partial charge < -0.3 is 4.74 Å². The van der Waals surface area contributed by atoms with Gasteiger partial charge in [-0.3, -0.25) is 4.79 Å². The predicted octanol–water partition coefficient (Wildman–Crippen LogP) is 4.27. The number of ether oxygens (including phenoxy) is 1. The third-order valence-corrected chi connectivity index (χ3v) is 3.58. The van der Waals surface area contributed by atoms with Crippen LogP contribution in [0.25, 0.3) is 0 Å². The van der Waals surface area contributed by atoms with Crippen LogP contribution in [0.15, 0.2) is 52.0 Å². The zero-order valence-corrected chi connectivity index (χ0v) is 14.2. The van der Waals surface area contributed by atoms with Crippen LogP contribution in [-0.4, -0.2) is 18.7 Å². The number of rotatable bonds is 5. The minimum Gasteiger partial charge on any atom is -0.493 e. The molecule has 114 valence electrons. The molecule has 22 heavy (non-hydrogen) atoms. The molecule has 4 nitrogen and oxygen atoms in total. The Morgan fingerprint density at radius 2 is 2.14 bits per heavy atom. The first-order chi connectivity index (χ1) is 10.6. The Morgan fingerprint density at radius 1 is 1.36 bits per heavy atom. The smallest absolute Gasteiger partial charge is 0.272 e. The maximum atomic E-state index is 12.0. The number of nitrogens with zero attached hydrogens (tertiary/aromatic N) is 1. The number of hydrogen-bond donors (Lipinski definition) is 1. The first-order valence-corrected chi connectivity index (χ1v) is 7.79. The fraction of sp³-hybridized carbons (Fsp3) is 0.125. The fourth-order valence-electron chi connectivity index (χ4n) is 1.77. The molecule has 0 bridgehead atoms. The highest BCUT2D eigenvalue weighted by molar-refractivity contribution is 9.10. The van der Waals surface area contributed by atoms with Crippen molar-refractivity contribution in [1.82, 2.24) is 5.43 Å². The normalized spacial score (nSPS) is 10.7. The van der Waals surface area contributed by atoms with E-state index in [1.165, 1.54) is 6.21 Å². The van der Waals surface area contributed by atoms with Crippen molar-refractivity contribution >= 4 is 39.7 Å². The Kier molecular flexibility index (Phi) is 5.98. The van der Waals surface area contributed by atoms with Crippen molar-refractivity contribution in [2.75, 3.05) is 6.61 Å². The molecule has 0 aliphatic rings. The topological polar surface area (TPSA) is 50.7 Å². The molecule has 2 rings (SSSR count). The van der Waals surface area contributed by atoms with E-state index in [0.29, 0.717) is 22.9 Å². The summed E-state index contributed by atoms with van der Waals surface area (Å²) in [6.45, 7) is 2.45. The van der Waals surface area contributed by atoms with Crippen LogP contribution in [0.1, 0.15) is 22.8 Å². The van der Waals surface area contributed by atoms with E-state index >= 15 is 0 Å². The minimum atomic E-state index is -0.366. The van der Waals surface area contributed by atoms with Crippen LogP contribution < -0.4 is 10.2 Å². The molecule has 0 heterocycles. The van der Waals surface area contributed by atoms with Crippen molar-refractivity contribution in [2.45, 2.75) is 6.92 Å². The molecule has 0 aliphatic heterocycles. The average Bonchev–Trinajstić information content (AvgIpc) is 2.50. The molecule has 0 aromatic heterocycles. The van der Waals surface area contributed by atoms with E-state index in [4.69, 9.17) is 16.3 Å². The summed E-state index contributed by atoms with van der Waals surface area (Å²) in [5, 5.41) is 4.34. The van der Waals surface area contributed by atoms with E-state index in [1.807, 2.05) is 25.1 Å². The van der Waals surface area contributed by atoms with Gasteiger partial charge in [0.1, 0.15) is 5.75 Å². The maximum Gasteiger partial charge on any atom is 0.272 e. The second kappa shape index (κ2) is 7.96. The molecule has 6 heteroatoms. The number of halogens is 2. The lowest BCUT2D eigenvalue weighted by atomic mass is 10.2. The summed E-state index contributed by atoms with van der Waals surface area (Å²) < 4.78 is 6.41. The van der Waals surface area contributed by atoms with Crippen LogP contribution in [0.4, 0.5) is 0 Å². The Bertz CT molecular complexity index is 704. The molecule has 0 aliphatic carbocycles. The quantitative estimate of drug-likeness (QED) is 0.621. The lowest BCUT2D eigenvalue weighted by molar-refractivity contribution is 0.0955. The highest BCUT2D eigenvalue weighted by Gasteiger charge is 2.08. The summed E-state index contributed by atoms with van der Waals surface area (Å²) in [6, 6.07) is 12.4. The molecule has 0 fully saturated rings. The number of hydrazone groups is 1. The van der Waals surface area contributed by atoms with E-state index in [1.54, 1.807) is 24.3 Å². The Balaban J connectivity index is 2.11. The second-order valence-electron chi connectivity index (χ2n) is 4.29. The molecule has 0 atom stereocenters. The van der Waals surface area contributed by atoms with Crippen molar-refractivity contribution < 1.29 is 9.53 Å². The summed E-state index contributed by atoms with van der Waals surface area (Å²) >= 11 is 9.36. The molecule has 2 aromatic rings. The third-order valence-electron chi connectivity index (χ3n) is 2.76. The van der Waals surface area contributed by atoms with E-state index in [9.17, 15) is 4.79 Å². The van der Waals surface area contributed by atoms with Crippen LogP contribution in [0.2, 0.25) is 5.02 Å². The van der Waals surface area contributed by atoms with Gasteiger partial charge in [-0.1, -0.05) is 39.7 Å². The van der Waals surface area contributed by atoms with E-state index in [0.717, 1.165) is 10.0 Å². The van der Waals surface area contributed by atoms with Crippen molar-refractivity contribution in [3.8, 4) is 5.75 Å². The monoisotopic (exact) mass is 380 g/mol. The summed E-state index contributed by atoms with van der Waals surface area (Å²) in [6.07, 6.45) is 1.53. The number of nitrogens with one attached hydrogen (secondary N) is 1. The molecule has 2 aromatic carbocycles. The lowest BCUT2D eigenvalue weighted by Crippen LogP contribution is -2.18. The van der Waals surface area contributed by atoms with Crippen molar-refractivity contribution in [3.63, 3.8) is 0 Å². The number of carbonyl (C=O) groups is 1. The van der Waals surface area contributed by atoms with E-state index < -0.39 is 0 Å². The minimum absolute atomic E-state index is 0.366. The standard InChI is InChI=1S/C16H14BrClN2O2/c1-2-22-15-8-7-12(17)9-11(15)10-19-20-16(21)13-5-3-4-6-14(13)18/h3-10H,2H2,1H3,(H,20,21)/b19-10-. The SMILES string of the molecule is CCOc1ccc(Br)cc1/C=N\NC(=O)c1ccccc1Cl. The number of hydrogen-bond acceptors (Lipinski definition) is 3. The van der Waals surface area contributed by atoms with Gasteiger partial charge in [0.2, 0.25) is 0 Å². The zero-order chi connectivity index (χ0) is 15.9. The highest BCUT2D eigenvalue weighted by Crippen LogP contribution is 2.21. The number of carbonyl (C=O) groups excluding carboxylic acids is 1. The van der Waals surface area contributed by atoms with Crippen LogP contribution in [0, 0.1) is 0 Å². The van der Waals surface area contributed by atoms with Crippen LogP contribution in [-0.2, 0) is 0 Å². The summed E-state index contributed by atoms with van der Waals surface area (Å²) in [5.74, 6) is 0.330. The molecular formula is C16H14BrClN2O2. The first kappa shape index (κ1) is 16.5. The van der Waals surface area contributed by atoms with Crippen LogP contribution in [0.5, 0.6) is 5.75 Å². The van der Waals surface area contributed by atoms with Gasteiger partial charge in [-0.25, -0.2) is 5.43 Å². The lowest BCUT2D eigenvalue weighted by Gasteiger charge is -2.07. The van der Waals surface area contributed by atoms with E-state index in [-0.39, 0.29) is 5.91 Å². The molecule has 1 N–H and O–H groups in total. The molecule has 0 radical (unpaired) electrons. The predicted molar refractivity (Wildman–Crippen MR) is 91.8 cm³/mol. The van der Waals surface area contributed by atoms with Gasteiger partial charge in [-0.05, 0) is 37.3 Å². The number of benzene rings is 2. The molecule has 1 amide bonds. The molecule has 0 saturated heterocycles. The van der Waals surface area contributed by atoms with Gasteiger partial charge in [0.25, 0.3) is 5.91 Å². The largest absolute Gasteiger partial charge is 0.493 e. The second-order valence-corrected chi connectivity index (χ2v) is 5.62. The summed E-state index contributed by atoms with van der Waals surface area (Å²) in [5.41, 5.74) is 3.59. The fourth-order valence-corrected chi connectivity index (χ4v) is 2.37. The van der Waals surface area contributed by atoms with Crippen molar-refractivity contribution in [1.29, 1.82) is 0 Å². The van der Waals surface area contributed by atoms with Gasteiger partial charge in [-0.15, -0.1) is 0 Å². The van der Waals surface area contributed by atoms with Gasteiger partial charge in [0.05, 0.1) is 23.4 Å². The summed E-state index contributed by atoms with van der Waals surface area (Å²) in [4.78, 5) is 12.0. The van der Waals surface area contributed by atoms with Gasteiger partial charge in [0.15, 0.2) is 0 Å². The molecule has 0 saturated carbocycles. The maximum absolute atomic E-state index is 12.0. The highest BCUT2D eigenvalue weighted by atomic mass is 79.9. The first-order valence-electron chi connectivity index (χ1n) is 6.62. The third kappa shape index (κ3) is 4.32. The molecular weight excluding hydrogens is 368 g/mol. The van der Waals surface area contributed by atoms with Crippen LogP contribution >= 0.6 is 27.5 Å². The van der Waals surface area contributed by atoms with Crippen LogP contribution in [0.3, 0.4) is 0 Å². The Hall–Kier alpha value is -1.85. The number of amides is 1. The Labute approximate surface area is 142 Å². The average molecular weight is 382 g/mol. The van der Waals surface area contributed by atoms with E-state index in [2.05, 4.69) is 26.5 Å².